The summed E-state index contributed by atoms with van der Waals surface area (Å²) < 4.78 is 24.2. The summed E-state index contributed by atoms with van der Waals surface area (Å²) in [4.78, 5) is 0.650. The van der Waals surface area contributed by atoms with Crippen LogP contribution < -0.4 is 0 Å². The van der Waals surface area contributed by atoms with Crippen LogP contribution in [0.25, 0.3) is 0 Å². The molecule has 4 heteroatoms. The Labute approximate surface area is 88.8 Å². The molecule has 0 nitrogen and oxygen atoms in total. The largest absolute Gasteiger partial charge is 0.288 e. The van der Waals surface area contributed by atoms with Gasteiger partial charge in [-0.3, -0.25) is 0 Å². The van der Waals surface area contributed by atoms with Crippen molar-refractivity contribution in [3.63, 3.8) is 0 Å². The van der Waals surface area contributed by atoms with Crippen molar-refractivity contribution in [2.24, 2.45) is 0 Å². The van der Waals surface area contributed by atoms with Gasteiger partial charge >= 0.3 is 0 Å². The van der Waals surface area contributed by atoms with E-state index in [-0.39, 0.29) is 0 Å². The van der Waals surface area contributed by atoms with Crippen molar-refractivity contribution in [3.8, 4) is 0 Å². The second-order valence-corrected chi connectivity index (χ2v) is 4.22. The standard InChI is InChI=1S/C9H9BrF2S/c1-6-2-3-8(13-9(11)12)7(4-6)5-10/h2-4,9H,5H2,1H3. The van der Waals surface area contributed by atoms with Gasteiger partial charge in [0.1, 0.15) is 0 Å². The Balaban J connectivity index is 2.92. The lowest BCUT2D eigenvalue weighted by Crippen LogP contribution is -1.88. The van der Waals surface area contributed by atoms with Gasteiger partial charge in [0.2, 0.25) is 0 Å². The summed E-state index contributed by atoms with van der Waals surface area (Å²) in [6.45, 7) is 1.95. The molecule has 0 fully saturated rings. The summed E-state index contributed by atoms with van der Waals surface area (Å²) >= 11 is 3.87. The van der Waals surface area contributed by atoms with Crippen molar-refractivity contribution in [2.45, 2.75) is 22.9 Å². The molecule has 0 saturated carbocycles. The van der Waals surface area contributed by atoms with E-state index in [4.69, 9.17) is 0 Å². The molecule has 0 bridgehead atoms. The van der Waals surface area contributed by atoms with Crippen molar-refractivity contribution in [1.29, 1.82) is 0 Å². The van der Waals surface area contributed by atoms with Gasteiger partial charge in [0.25, 0.3) is 5.76 Å². The first-order valence-corrected chi connectivity index (χ1v) is 5.74. The molecule has 0 amide bonds. The van der Waals surface area contributed by atoms with E-state index in [1.54, 1.807) is 6.07 Å². The fourth-order valence-electron chi connectivity index (χ4n) is 1.02. The van der Waals surface area contributed by atoms with Crippen LogP contribution in [0.4, 0.5) is 8.78 Å². The zero-order chi connectivity index (χ0) is 9.84. The van der Waals surface area contributed by atoms with E-state index in [9.17, 15) is 8.78 Å². The zero-order valence-corrected chi connectivity index (χ0v) is 9.46. The van der Waals surface area contributed by atoms with Gasteiger partial charge < -0.3 is 0 Å². The lowest BCUT2D eigenvalue weighted by atomic mass is 10.2. The molecule has 0 aliphatic rings. The molecule has 0 unspecified atom stereocenters. The summed E-state index contributed by atoms with van der Waals surface area (Å²) in [5, 5.41) is 0.615. The van der Waals surface area contributed by atoms with Crippen LogP contribution in [-0.2, 0) is 5.33 Å². The van der Waals surface area contributed by atoms with E-state index >= 15 is 0 Å². The Bertz CT molecular complexity index is 289. The van der Waals surface area contributed by atoms with Gasteiger partial charge in [-0.2, -0.15) is 8.78 Å². The monoisotopic (exact) mass is 266 g/mol. The molecular formula is C9H9BrF2S. The maximum Gasteiger partial charge on any atom is 0.288 e. The lowest BCUT2D eigenvalue weighted by Gasteiger charge is -2.06. The third-order valence-corrected chi connectivity index (χ3v) is 3.01. The van der Waals surface area contributed by atoms with Crippen molar-refractivity contribution < 1.29 is 8.78 Å². The Morgan fingerprint density at radius 2 is 2.15 bits per heavy atom. The average molecular weight is 267 g/mol. The van der Waals surface area contributed by atoms with Crippen LogP contribution in [0.15, 0.2) is 23.1 Å². The van der Waals surface area contributed by atoms with Crippen LogP contribution in [0, 0.1) is 6.92 Å². The highest BCUT2D eigenvalue weighted by atomic mass is 79.9. The van der Waals surface area contributed by atoms with Gasteiger partial charge in [-0.15, -0.1) is 0 Å². The molecule has 0 saturated heterocycles. The number of halogens is 3. The first-order chi connectivity index (χ1) is 6.13. The van der Waals surface area contributed by atoms with Crippen molar-refractivity contribution in [2.75, 3.05) is 0 Å². The topological polar surface area (TPSA) is 0 Å². The molecule has 0 radical (unpaired) electrons. The molecule has 0 N–H and O–H groups in total. The van der Waals surface area contributed by atoms with E-state index in [1.165, 1.54) is 0 Å². The minimum atomic E-state index is -2.35. The molecule has 0 aliphatic carbocycles. The quantitative estimate of drug-likeness (QED) is 0.584. The number of thioether (sulfide) groups is 1. The smallest absolute Gasteiger partial charge is 0.198 e. The van der Waals surface area contributed by atoms with Gasteiger partial charge in [-0.25, -0.2) is 0 Å². The minimum absolute atomic E-state index is 0.595. The number of alkyl halides is 3. The van der Waals surface area contributed by atoms with Gasteiger partial charge in [0.05, 0.1) is 0 Å². The fraction of sp³-hybridized carbons (Fsp3) is 0.333. The Hall–Kier alpha value is -0.0900. The van der Waals surface area contributed by atoms with E-state index in [0.29, 0.717) is 22.0 Å². The highest BCUT2D eigenvalue weighted by Gasteiger charge is 2.08. The summed E-state index contributed by atoms with van der Waals surface area (Å²) in [6.07, 6.45) is 0. The first kappa shape index (κ1) is 11.0. The maximum absolute atomic E-state index is 12.1. The second-order valence-electron chi connectivity index (χ2n) is 2.62. The molecule has 1 rings (SSSR count). The average Bonchev–Trinajstić information content (AvgIpc) is 2.07. The SMILES string of the molecule is Cc1ccc(SC(F)F)c(CBr)c1. The van der Waals surface area contributed by atoms with Crippen molar-refractivity contribution in [3.05, 3.63) is 29.3 Å². The summed E-state index contributed by atoms with van der Waals surface area (Å²) in [7, 11) is 0. The summed E-state index contributed by atoms with van der Waals surface area (Å²) in [6, 6.07) is 5.50. The maximum atomic E-state index is 12.1. The predicted molar refractivity (Wildman–Crippen MR) is 55.7 cm³/mol. The number of hydrogen-bond acceptors (Lipinski definition) is 1. The molecule has 13 heavy (non-hydrogen) atoms. The van der Waals surface area contributed by atoms with E-state index in [0.717, 1.165) is 11.1 Å². The predicted octanol–water partition coefficient (Wildman–Crippen LogP) is 4.20. The van der Waals surface area contributed by atoms with Gasteiger partial charge in [0.15, 0.2) is 0 Å². The lowest BCUT2D eigenvalue weighted by molar-refractivity contribution is 0.252. The molecular weight excluding hydrogens is 258 g/mol. The first-order valence-electron chi connectivity index (χ1n) is 3.74. The van der Waals surface area contributed by atoms with Crippen LogP contribution in [0.1, 0.15) is 11.1 Å². The molecule has 1 aromatic carbocycles. The highest BCUT2D eigenvalue weighted by molar-refractivity contribution is 9.08. The Kier molecular flexibility index (Phi) is 4.19. The van der Waals surface area contributed by atoms with E-state index in [2.05, 4.69) is 15.9 Å². The number of benzene rings is 1. The van der Waals surface area contributed by atoms with Crippen LogP contribution in [0.5, 0.6) is 0 Å². The van der Waals surface area contributed by atoms with Crippen LogP contribution in [0.2, 0.25) is 0 Å². The van der Waals surface area contributed by atoms with Crippen LogP contribution in [0.3, 0.4) is 0 Å². The third-order valence-electron chi connectivity index (χ3n) is 1.58. The zero-order valence-electron chi connectivity index (χ0n) is 7.06. The van der Waals surface area contributed by atoms with Crippen LogP contribution >= 0.6 is 27.7 Å². The molecule has 0 heterocycles. The van der Waals surface area contributed by atoms with Crippen molar-refractivity contribution >= 4 is 27.7 Å². The summed E-state index contributed by atoms with van der Waals surface area (Å²) in [5.41, 5.74) is 2.01. The molecule has 0 spiro atoms. The highest BCUT2D eigenvalue weighted by Crippen LogP contribution is 2.30. The van der Waals surface area contributed by atoms with Gasteiger partial charge in [-0.05, 0) is 18.6 Å². The normalized spacial score (nSPS) is 10.8. The fourth-order valence-corrected chi connectivity index (χ4v) is 2.29. The van der Waals surface area contributed by atoms with E-state index in [1.807, 2.05) is 19.1 Å². The van der Waals surface area contributed by atoms with Gasteiger partial charge in [0, 0.05) is 10.2 Å². The third kappa shape index (κ3) is 3.27. The number of rotatable bonds is 3. The molecule has 0 aliphatic heterocycles. The molecule has 1 aromatic rings. The number of aryl methyl sites for hydroxylation is 1. The van der Waals surface area contributed by atoms with Crippen molar-refractivity contribution in [1.82, 2.24) is 0 Å². The second kappa shape index (κ2) is 4.96. The van der Waals surface area contributed by atoms with E-state index < -0.39 is 5.76 Å². The Morgan fingerprint density at radius 3 is 2.69 bits per heavy atom. The van der Waals surface area contributed by atoms with Crippen LogP contribution in [-0.4, -0.2) is 5.76 Å². The Morgan fingerprint density at radius 1 is 1.46 bits per heavy atom. The minimum Gasteiger partial charge on any atom is -0.198 e. The van der Waals surface area contributed by atoms with Gasteiger partial charge in [-0.1, -0.05) is 45.4 Å². The number of hydrogen-bond donors (Lipinski definition) is 0. The molecule has 0 aromatic heterocycles. The molecule has 72 valence electrons. The summed E-state index contributed by atoms with van der Waals surface area (Å²) in [5.74, 6) is -2.35. The molecule has 0 atom stereocenters.